The third-order valence-electron chi connectivity index (χ3n) is 4.26. The molecule has 0 saturated heterocycles. The van der Waals surface area contributed by atoms with E-state index in [4.69, 9.17) is 4.74 Å². The Morgan fingerprint density at radius 1 is 0.923 bits per heavy atom. The van der Waals surface area contributed by atoms with E-state index in [1.807, 2.05) is 30.3 Å². The van der Waals surface area contributed by atoms with Crippen molar-refractivity contribution >= 4 is 32.3 Å². The summed E-state index contributed by atoms with van der Waals surface area (Å²) in [7, 11) is 0. The van der Waals surface area contributed by atoms with Crippen LogP contribution in [0.5, 0.6) is 11.5 Å². The lowest BCUT2D eigenvalue weighted by molar-refractivity contribution is 0.443. The Morgan fingerprint density at radius 3 is 2.65 bits per heavy atom. The van der Waals surface area contributed by atoms with Crippen molar-refractivity contribution in [3.63, 3.8) is 0 Å². The molecule has 0 saturated carbocycles. The molecule has 0 aliphatic heterocycles. The monoisotopic (exact) mass is 360 g/mol. The number of aromatic nitrogens is 2. The first kappa shape index (κ1) is 15.1. The van der Waals surface area contributed by atoms with Gasteiger partial charge in [0.15, 0.2) is 11.6 Å². The number of nitrogens with zero attached hydrogens (tertiary/aromatic N) is 1. The van der Waals surface area contributed by atoms with E-state index in [9.17, 15) is 4.39 Å². The van der Waals surface area contributed by atoms with E-state index in [1.165, 1.54) is 16.2 Å². The van der Waals surface area contributed by atoms with Crippen LogP contribution in [0.3, 0.4) is 0 Å². The zero-order chi connectivity index (χ0) is 17.5. The van der Waals surface area contributed by atoms with Crippen LogP contribution in [0, 0.1) is 5.82 Å². The second-order valence-corrected chi connectivity index (χ2v) is 7.04. The summed E-state index contributed by atoms with van der Waals surface area (Å²) in [4.78, 5) is 1.11. The Bertz CT molecular complexity index is 1210. The van der Waals surface area contributed by atoms with Crippen molar-refractivity contribution in [2.45, 2.75) is 0 Å². The zero-order valence-corrected chi connectivity index (χ0v) is 14.4. The average Bonchev–Trinajstić information content (AvgIpc) is 3.26. The standard InChI is InChI=1S/C21H13FN2OS/c22-16-6-2-3-7-18(16)25-14-9-10-15-17(12-14)23-24-21(15)20-11-13-5-1-4-8-19(13)26-20/h1-12H,(H,23,24). The molecule has 0 fully saturated rings. The normalized spacial score (nSPS) is 11.3. The van der Waals surface area contributed by atoms with Crippen molar-refractivity contribution in [3.05, 3.63) is 78.6 Å². The SMILES string of the molecule is Fc1ccccc1Oc1ccc2c(-c3cc4ccccc4s3)n[nH]c2c1. The van der Waals surface area contributed by atoms with Crippen molar-refractivity contribution in [3.8, 4) is 22.1 Å². The molecular weight excluding hydrogens is 347 g/mol. The molecular formula is C21H13FN2OS. The van der Waals surface area contributed by atoms with Crippen molar-refractivity contribution in [2.75, 3.05) is 0 Å². The molecule has 2 aromatic heterocycles. The van der Waals surface area contributed by atoms with Gasteiger partial charge in [0.1, 0.15) is 11.4 Å². The summed E-state index contributed by atoms with van der Waals surface area (Å²) in [6, 6.07) is 22.4. The topological polar surface area (TPSA) is 37.9 Å². The molecule has 5 rings (SSSR count). The van der Waals surface area contributed by atoms with Gasteiger partial charge in [-0.2, -0.15) is 5.10 Å². The van der Waals surface area contributed by atoms with Gasteiger partial charge in [-0.15, -0.1) is 11.3 Å². The Hall–Kier alpha value is -3.18. The lowest BCUT2D eigenvalue weighted by Gasteiger charge is -2.06. The second-order valence-electron chi connectivity index (χ2n) is 5.96. The van der Waals surface area contributed by atoms with Gasteiger partial charge in [0, 0.05) is 16.2 Å². The number of para-hydroxylation sites is 1. The number of rotatable bonds is 3. The van der Waals surface area contributed by atoms with Crippen LogP contribution in [0.4, 0.5) is 4.39 Å². The average molecular weight is 360 g/mol. The molecule has 126 valence electrons. The number of hydrogen-bond donors (Lipinski definition) is 1. The van der Waals surface area contributed by atoms with Gasteiger partial charge in [-0.3, -0.25) is 5.10 Å². The van der Waals surface area contributed by atoms with E-state index in [2.05, 4.69) is 28.4 Å². The number of aromatic amines is 1. The predicted molar refractivity (Wildman–Crippen MR) is 103 cm³/mol. The Balaban J connectivity index is 1.54. The summed E-state index contributed by atoms with van der Waals surface area (Å²) in [6.45, 7) is 0. The fourth-order valence-electron chi connectivity index (χ4n) is 3.00. The summed E-state index contributed by atoms with van der Waals surface area (Å²) in [5.74, 6) is 0.383. The molecule has 26 heavy (non-hydrogen) atoms. The maximum absolute atomic E-state index is 13.8. The molecule has 5 aromatic rings. The molecule has 0 radical (unpaired) electrons. The first-order valence-electron chi connectivity index (χ1n) is 8.17. The predicted octanol–water partition coefficient (Wildman–Crippen LogP) is 6.38. The quantitative estimate of drug-likeness (QED) is 0.405. The largest absolute Gasteiger partial charge is 0.454 e. The minimum atomic E-state index is -0.386. The molecule has 0 amide bonds. The van der Waals surface area contributed by atoms with E-state index in [0.29, 0.717) is 5.75 Å². The van der Waals surface area contributed by atoms with Crippen molar-refractivity contribution in [1.29, 1.82) is 0 Å². The highest BCUT2D eigenvalue weighted by atomic mass is 32.1. The number of fused-ring (bicyclic) bond motifs is 2. The highest BCUT2D eigenvalue weighted by Gasteiger charge is 2.13. The van der Waals surface area contributed by atoms with Gasteiger partial charge in [0.2, 0.25) is 0 Å². The molecule has 2 heterocycles. The molecule has 0 aliphatic rings. The van der Waals surface area contributed by atoms with E-state index < -0.39 is 0 Å². The summed E-state index contributed by atoms with van der Waals surface area (Å²) < 4.78 is 20.7. The summed E-state index contributed by atoms with van der Waals surface area (Å²) in [5, 5.41) is 9.76. The van der Waals surface area contributed by atoms with Crippen LogP contribution in [0.15, 0.2) is 72.8 Å². The van der Waals surface area contributed by atoms with Crippen molar-refractivity contribution in [2.24, 2.45) is 0 Å². The van der Waals surface area contributed by atoms with Gasteiger partial charge in [0.05, 0.1) is 10.4 Å². The van der Waals surface area contributed by atoms with Crippen molar-refractivity contribution < 1.29 is 9.13 Å². The highest BCUT2D eigenvalue weighted by Crippen LogP contribution is 2.37. The fourth-order valence-corrected chi connectivity index (χ4v) is 4.07. The van der Waals surface area contributed by atoms with Crippen LogP contribution >= 0.6 is 11.3 Å². The lowest BCUT2D eigenvalue weighted by Crippen LogP contribution is -1.87. The smallest absolute Gasteiger partial charge is 0.165 e. The van der Waals surface area contributed by atoms with Crippen LogP contribution < -0.4 is 4.74 Å². The van der Waals surface area contributed by atoms with E-state index in [1.54, 1.807) is 29.5 Å². The summed E-state index contributed by atoms with van der Waals surface area (Å²) in [5.41, 5.74) is 1.77. The van der Waals surface area contributed by atoms with E-state index >= 15 is 0 Å². The maximum Gasteiger partial charge on any atom is 0.165 e. The van der Waals surface area contributed by atoms with Gasteiger partial charge in [-0.05, 0) is 41.8 Å². The Labute approximate surface area is 152 Å². The Kier molecular flexibility index (Phi) is 3.47. The fraction of sp³-hybridized carbons (Fsp3) is 0. The number of benzene rings is 3. The van der Waals surface area contributed by atoms with Crippen LogP contribution in [-0.2, 0) is 0 Å². The van der Waals surface area contributed by atoms with Crippen LogP contribution in [0.25, 0.3) is 31.6 Å². The van der Waals surface area contributed by atoms with Crippen LogP contribution in [-0.4, -0.2) is 10.2 Å². The highest BCUT2D eigenvalue weighted by molar-refractivity contribution is 7.22. The van der Waals surface area contributed by atoms with Gasteiger partial charge in [0.25, 0.3) is 0 Å². The molecule has 0 bridgehead atoms. The van der Waals surface area contributed by atoms with Gasteiger partial charge in [-0.1, -0.05) is 30.3 Å². The molecule has 0 atom stereocenters. The van der Waals surface area contributed by atoms with Crippen LogP contribution in [0.2, 0.25) is 0 Å². The van der Waals surface area contributed by atoms with Gasteiger partial charge < -0.3 is 4.74 Å². The Morgan fingerprint density at radius 2 is 1.77 bits per heavy atom. The molecule has 3 aromatic carbocycles. The lowest BCUT2D eigenvalue weighted by atomic mass is 10.1. The number of thiophene rings is 1. The molecule has 0 unspecified atom stereocenters. The molecule has 0 spiro atoms. The van der Waals surface area contributed by atoms with E-state index in [0.717, 1.165) is 21.5 Å². The minimum absolute atomic E-state index is 0.205. The first-order valence-corrected chi connectivity index (χ1v) is 8.99. The van der Waals surface area contributed by atoms with E-state index in [-0.39, 0.29) is 11.6 Å². The second kappa shape index (κ2) is 5.97. The number of hydrogen-bond acceptors (Lipinski definition) is 3. The third-order valence-corrected chi connectivity index (χ3v) is 5.38. The summed E-state index contributed by atoms with van der Waals surface area (Å²) in [6.07, 6.45) is 0. The number of H-pyrrole nitrogens is 1. The molecule has 1 N–H and O–H groups in total. The summed E-state index contributed by atoms with van der Waals surface area (Å²) >= 11 is 1.72. The number of nitrogens with one attached hydrogen (secondary N) is 1. The van der Waals surface area contributed by atoms with Gasteiger partial charge in [-0.25, -0.2) is 4.39 Å². The van der Waals surface area contributed by atoms with Crippen LogP contribution in [0.1, 0.15) is 0 Å². The maximum atomic E-state index is 13.8. The molecule has 0 aliphatic carbocycles. The number of ether oxygens (including phenoxy) is 1. The molecule has 3 nitrogen and oxygen atoms in total. The minimum Gasteiger partial charge on any atom is -0.454 e. The van der Waals surface area contributed by atoms with Gasteiger partial charge >= 0.3 is 0 Å². The van der Waals surface area contributed by atoms with Crippen molar-refractivity contribution in [1.82, 2.24) is 10.2 Å². The first-order chi connectivity index (χ1) is 12.8. The third kappa shape index (κ3) is 2.53. The molecule has 5 heteroatoms. The zero-order valence-electron chi connectivity index (χ0n) is 13.6. The number of halogens is 1.